The molecule has 0 radical (unpaired) electrons. The Kier molecular flexibility index (Phi) is 4.83. The Hall–Kier alpha value is -0.910. The molecule has 2 nitrogen and oxygen atoms in total. The van der Waals surface area contributed by atoms with Crippen LogP contribution in [0.25, 0.3) is 6.08 Å². The zero-order chi connectivity index (χ0) is 14.8. The monoisotopic (exact) mass is 414 g/mol. The maximum absolute atomic E-state index is 12.4. The second-order valence-electron chi connectivity index (χ2n) is 4.29. The van der Waals surface area contributed by atoms with Crippen molar-refractivity contribution in [3.05, 3.63) is 67.9 Å². The summed E-state index contributed by atoms with van der Waals surface area (Å²) < 4.78 is 25.8. The molecule has 2 aromatic carbocycles. The van der Waals surface area contributed by atoms with E-state index in [4.69, 9.17) is 0 Å². The topological polar surface area (TPSA) is 34.1 Å². The number of sulfone groups is 1. The zero-order valence-corrected chi connectivity index (χ0v) is 14.7. The Morgan fingerprint density at radius 2 is 1.65 bits per heavy atom. The minimum atomic E-state index is -3.51. The van der Waals surface area contributed by atoms with Crippen LogP contribution in [0.5, 0.6) is 0 Å². The molecule has 2 aromatic rings. The number of hydrogen-bond acceptors (Lipinski definition) is 2. The number of halogens is 2. The van der Waals surface area contributed by atoms with E-state index in [1.165, 1.54) is 0 Å². The predicted octanol–water partition coefficient (Wildman–Crippen LogP) is 4.92. The molecule has 0 atom stereocenters. The highest BCUT2D eigenvalue weighted by Gasteiger charge is 2.18. The summed E-state index contributed by atoms with van der Waals surface area (Å²) in [4.78, 5) is 0.276. The summed E-state index contributed by atoms with van der Waals surface area (Å²) in [5.74, 6) is 0. The van der Waals surface area contributed by atoms with Crippen molar-refractivity contribution in [2.24, 2.45) is 0 Å². The Morgan fingerprint density at radius 1 is 1.05 bits per heavy atom. The molecule has 0 saturated carbocycles. The van der Waals surface area contributed by atoms with Crippen LogP contribution in [0.3, 0.4) is 0 Å². The number of aryl methyl sites for hydroxylation is 1. The van der Waals surface area contributed by atoms with Crippen molar-refractivity contribution in [1.29, 1.82) is 0 Å². The molecule has 0 saturated heterocycles. The Morgan fingerprint density at radius 3 is 2.25 bits per heavy atom. The maximum atomic E-state index is 12.4. The van der Waals surface area contributed by atoms with Gasteiger partial charge in [0, 0.05) is 4.47 Å². The number of rotatable bonds is 3. The lowest BCUT2D eigenvalue weighted by atomic mass is 10.2. The van der Waals surface area contributed by atoms with Crippen molar-refractivity contribution < 1.29 is 8.42 Å². The van der Waals surface area contributed by atoms with E-state index in [1.807, 2.05) is 31.2 Å². The number of hydrogen-bond donors (Lipinski definition) is 0. The average Bonchev–Trinajstić information content (AvgIpc) is 2.41. The molecule has 104 valence electrons. The smallest absolute Gasteiger partial charge is 0.213 e. The van der Waals surface area contributed by atoms with Gasteiger partial charge in [-0.15, -0.1) is 0 Å². The van der Waals surface area contributed by atoms with E-state index < -0.39 is 9.84 Å². The molecule has 0 amide bonds. The van der Waals surface area contributed by atoms with Crippen LogP contribution in [-0.4, -0.2) is 8.42 Å². The van der Waals surface area contributed by atoms with Crippen molar-refractivity contribution in [3.8, 4) is 0 Å². The van der Waals surface area contributed by atoms with Gasteiger partial charge in [0.1, 0.15) is 3.81 Å². The first-order valence-corrected chi connectivity index (χ1v) is 8.91. The van der Waals surface area contributed by atoms with Crippen molar-refractivity contribution in [2.75, 3.05) is 0 Å². The summed E-state index contributed by atoms with van der Waals surface area (Å²) in [5.41, 5.74) is 1.82. The summed E-state index contributed by atoms with van der Waals surface area (Å²) in [7, 11) is -3.51. The lowest BCUT2D eigenvalue weighted by molar-refractivity contribution is 0.604. The Labute approximate surface area is 135 Å². The van der Waals surface area contributed by atoms with Crippen molar-refractivity contribution in [1.82, 2.24) is 0 Å². The van der Waals surface area contributed by atoms with Crippen LogP contribution in [0.15, 0.2) is 61.7 Å². The molecule has 2 rings (SSSR count). The third kappa shape index (κ3) is 3.40. The van der Waals surface area contributed by atoms with Gasteiger partial charge in [0.05, 0.1) is 4.90 Å². The van der Waals surface area contributed by atoms with Crippen LogP contribution in [0.1, 0.15) is 11.1 Å². The Bertz CT molecular complexity index is 748. The molecule has 0 aromatic heterocycles. The van der Waals surface area contributed by atoms with E-state index in [9.17, 15) is 8.42 Å². The second kappa shape index (κ2) is 6.24. The van der Waals surface area contributed by atoms with Crippen molar-refractivity contribution in [2.45, 2.75) is 11.8 Å². The fourth-order valence-corrected chi connectivity index (χ4v) is 3.83. The SMILES string of the molecule is Cc1ccc(S(=O)(=O)/C(Br)=C/c2ccccc2Br)cc1. The average molecular weight is 416 g/mol. The largest absolute Gasteiger partial charge is 0.218 e. The van der Waals surface area contributed by atoms with Crippen LogP contribution < -0.4 is 0 Å². The first kappa shape index (κ1) is 15.5. The van der Waals surface area contributed by atoms with Crippen LogP contribution in [-0.2, 0) is 9.84 Å². The molecule has 5 heteroatoms. The highest BCUT2D eigenvalue weighted by atomic mass is 79.9. The quantitative estimate of drug-likeness (QED) is 0.712. The van der Waals surface area contributed by atoms with Crippen LogP contribution in [0, 0.1) is 6.92 Å². The summed E-state index contributed by atoms with van der Waals surface area (Å²) >= 11 is 6.57. The van der Waals surface area contributed by atoms with Gasteiger partial charge in [-0.2, -0.15) is 0 Å². The predicted molar refractivity (Wildman–Crippen MR) is 89.4 cm³/mol. The standard InChI is InChI=1S/C15H12Br2O2S/c1-11-6-8-13(9-7-11)20(18,19)15(17)10-12-4-2-3-5-14(12)16/h2-10H,1H3/b15-10+. The number of benzene rings is 2. The van der Waals surface area contributed by atoms with Gasteiger partial charge in [-0.3, -0.25) is 0 Å². The van der Waals surface area contributed by atoms with Crippen LogP contribution in [0.4, 0.5) is 0 Å². The van der Waals surface area contributed by atoms with E-state index >= 15 is 0 Å². The molecule has 0 aliphatic rings. The highest BCUT2D eigenvalue weighted by Crippen LogP contribution is 2.28. The zero-order valence-electron chi connectivity index (χ0n) is 10.7. The van der Waals surface area contributed by atoms with Gasteiger partial charge >= 0.3 is 0 Å². The summed E-state index contributed by atoms with van der Waals surface area (Å²) in [6.45, 7) is 1.92. The molecule has 0 spiro atoms. The van der Waals surface area contributed by atoms with E-state index in [0.717, 1.165) is 15.6 Å². The molecule has 0 fully saturated rings. The molecule has 0 aliphatic heterocycles. The molecule has 0 unspecified atom stereocenters. The van der Waals surface area contributed by atoms with Gasteiger partial charge in [0.25, 0.3) is 0 Å². The van der Waals surface area contributed by atoms with Gasteiger partial charge in [0.2, 0.25) is 9.84 Å². The van der Waals surface area contributed by atoms with Gasteiger partial charge in [0.15, 0.2) is 0 Å². The van der Waals surface area contributed by atoms with Crippen LogP contribution in [0.2, 0.25) is 0 Å². The second-order valence-corrected chi connectivity index (χ2v) is 8.44. The lowest BCUT2D eigenvalue weighted by Gasteiger charge is -2.05. The van der Waals surface area contributed by atoms with Crippen LogP contribution >= 0.6 is 31.9 Å². The van der Waals surface area contributed by atoms with E-state index in [2.05, 4.69) is 31.9 Å². The third-order valence-corrected chi connectivity index (χ3v) is 6.52. The Balaban J connectivity index is 2.44. The molecular weight excluding hydrogens is 404 g/mol. The van der Waals surface area contributed by atoms with E-state index in [1.54, 1.807) is 30.3 Å². The first-order valence-electron chi connectivity index (χ1n) is 5.85. The fraction of sp³-hybridized carbons (Fsp3) is 0.0667. The lowest BCUT2D eigenvalue weighted by Crippen LogP contribution is -2.00. The normalized spacial score (nSPS) is 12.4. The van der Waals surface area contributed by atoms with Crippen molar-refractivity contribution >= 4 is 47.8 Å². The van der Waals surface area contributed by atoms with Gasteiger partial charge in [-0.05, 0) is 52.7 Å². The van der Waals surface area contributed by atoms with Crippen molar-refractivity contribution in [3.63, 3.8) is 0 Å². The summed E-state index contributed by atoms with van der Waals surface area (Å²) in [6, 6.07) is 14.2. The summed E-state index contributed by atoms with van der Waals surface area (Å²) in [6.07, 6.45) is 1.60. The maximum Gasteiger partial charge on any atom is 0.213 e. The molecule has 0 heterocycles. The fourth-order valence-electron chi connectivity index (χ4n) is 1.62. The summed E-state index contributed by atoms with van der Waals surface area (Å²) in [5, 5.41) is 0. The first-order chi connectivity index (χ1) is 9.41. The minimum absolute atomic E-state index is 0.140. The minimum Gasteiger partial charge on any atom is -0.218 e. The molecule has 20 heavy (non-hydrogen) atoms. The van der Waals surface area contributed by atoms with E-state index in [-0.39, 0.29) is 8.71 Å². The van der Waals surface area contributed by atoms with Gasteiger partial charge < -0.3 is 0 Å². The van der Waals surface area contributed by atoms with Gasteiger partial charge in [-0.1, -0.05) is 51.8 Å². The molecular formula is C15H12Br2O2S. The molecule has 0 bridgehead atoms. The van der Waals surface area contributed by atoms with E-state index in [0.29, 0.717) is 0 Å². The highest BCUT2D eigenvalue weighted by molar-refractivity contribution is 9.13. The molecule has 0 aliphatic carbocycles. The molecule has 0 N–H and O–H groups in total. The van der Waals surface area contributed by atoms with Gasteiger partial charge in [-0.25, -0.2) is 8.42 Å². The third-order valence-electron chi connectivity index (χ3n) is 2.76.